The highest BCUT2D eigenvalue weighted by Gasteiger charge is 2.32. The molecule has 2 saturated heterocycles. The zero-order valence-electron chi connectivity index (χ0n) is 13.6. The molecule has 0 bridgehead atoms. The molecule has 0 aromatic carbocycles. The van der Waals surface area contributed by atoms with Crippen LogP contribution in [-0.2, 0) is 9.53 Å². The van der Waals surface area contributed by atoms with Crippen molar-refractivity contribution >= 4 is 12.0 Å². The van der Waals surface area contributed by atoms with Crippen LogP contribution in [0.5, 0.6) is 0 Å². The summed E-state index contributed by atoms with van der Waals surface area (Å²) in [6, 6.07) is -0.0658. The van der Waals surface area contributed by atoms with Crippen molar-refractivity contribution in [2.75, 3.05) is 32.8 Å². The molecule has 6 nitrogen and oxygen atoms in total. The maximum atomic E-state index is 12.2. The number of hydrogen-bond acceptors (Lipinski definition) is 3. The maximum absolute atomic E-state index is 12.2. The normalized spacial score (nSPS) is 21.6. The molecule has 6 heteroatoms. The predicted molar refractivity (Wildman–Crippen MR) is 82.7 cm³/mol. The van der Waals surface area contributed by atoms with Crippen molar-refractivity contribution in [3.63, 3.8) is 0 Å². The number of carboxylic acid groups (broad SMARTS) is 1. The molecule has 2 aliphatic rings. The van der Waals surface area contributed by atoms with Crippen LogP contribution in [0.2, 0.25) is 0 Å². The third-order valence-corrected chi connectivity index (χ3v) is 5.15. The first kappa shape index (κ1) is 17.1. The van der Waals surface area contributed by atoms with E-state index in [-0.39, 0.29) is 17.4 Å². The van der Waals surface area contributed by atoms with Crippen LogP contribution < -0.4 is 5.32 Å². The van der Waals surface area contributed by atoms with E-state index in [4.69, 9.17) is 9.84 Å². The van der Waals surface area contributed by atoms with Crippen molar-refractivity contribution in [2.24, 2.45) is 17.3 Å². The third-order valence-electron chi connectivity index (χ3n) is 5.15. The number of aliphatic carboxylic acids is 1. The van der Waals surface area contributed by atoms with Gasteiger partial charge in [-0.1, -0.05) is 13.8 Å². The first-order valence-corrected chi connectivity index (χ1v) is 8.23. The van der Waals surface area contributed by atoms with Gasteiger partial charge in [-0.05, 0) is 37.0 Å². The van der Waals surface area contributed by atoms with Gasteiger partial charge in [-0.15, -0.1) is 0 Å². The van der Waals surface area contributed by atoms with Crippen molar-refractivity contribution in [3.05, 3.63) is 0 Å². The van der Waals surface area contributed by atoms with E-state index in [1.165, 1.54) is 0 Å². The molecule has 0 unspecified atom stereocenters. The number of carboxylic acids is 1. The van der Waals surface area contributed by atoms with Gasteiger partial charge < -0.3 is 20.1 Å². The zero-order chi connectivity index (χ0) is 16.2. The van der Waals surface area contributed by atoms with E-state index >= 15 is 0 Å². The summed E-state index contributed by atoms with van der Waals surface area (Å²) in [6.45, 7) is 7.71. The highest BCUT2D eigenvalue weighted by atomic mass is 16.5. The predicted octanol–water partition coefficient (Wildman–Crippen LogP) is 1.95. The summed E-state index contributed by atoms with van der Waals surface area (Å²) in [4.78, 5) is 24.9. The molecule has 2 aliphatic heterocycles. The minimum atomic E-state index is -0.749. The summed E-state index contributed by atoms with van der Waals surface area (Å²) in [5, 5.41) is 12.0. The molecular weight excluding hydrogens is 284 g/mol. The summed E-state index contributed by atoms with van der Waals surface area (Å²) in [7, 11) is 0. The van der Waals surface area contributed by atoms with E-state index < -0.39 is 5.97 Å². The summed E-state index contributed by atoms with van der Waals surface area (Å²) in [5.74, 6) is -0.484. The quantitative estimate of drug-likeness (QED) is 0.831. The molecule has 0 aromatic rings. The Morgan fingerprint density at radius 2 is 1.77 bits per heavy atom. The van der Waals surface area contributed by atoms with Crippen LogP contribution in [0.25, 0.3) is 0 Å². The van der Waals surface area contributed by atoms with Gasteiger partial charge in [-0.3, -0.25) is 4.79 Å². The average Bonchev–Trinajstić information content (AvgIpc) is 2.53. The second-order valence-corrected chi connectivity index (χ2v) is 7.13. The topological polar surface area (TPSA) is 78.9 Å². The molecule has 0 atom stereocenters. The van der Waals surface area contributed by atoms with E-state index in [2.05, 4.69) is 19.2 Å². The largest absolute Gasteiger partial charge is 0.481 e. The molecule has 0 radical (unpaired) electrons. The summed E-state index contributed by atoms with van der Waals surface area (Å²) >= 11 is 0. The van der Waals surface area contributed by atoms with Crippen LogP contribution in [0.3, 0.4) is 0 Å². The molecule has 2 fully saturated rings. The Balaban J connectivity index is 1.76. The number of nitrogens with one attached hydrogen (secondary N) is 1. The van der Waals surface area contributed by atoms with Crippen molar-refractivity contribution < 1.29 is 19.4 Å². The monoisotopic (exact) mass is 312 g/mol. The molecule has 126 valence electrons. The average molecular weight is 312 g/mol. The molecule has 2 rings (SSSR count). The lowest BCUT2D eigenvalue weighted by molar-refractivity contribution is -0.143. The van der Waals surface area contributed by atoms with Gasteiger partial charge in [-0.2, -0.15) is 0 Å². The van der Waals surface area contributed by atoms with Crippen molar-refractivity contribution in [1.29, 1.82) is 0 Å². The lowest BCUT2D eigenvalue weighted by Gasteiger charge is -2.38. The number of carbonyl (C=O) groups is 2. The molecular formula is C16H28N2O4. The number of nitrogens with zero attached hydrogens (tertiary/aromatic N) is 1. The Morgan fingerprint density at radius 3 is 2.32 bits per heavy atom. The van der Waals surface area contributed by atoms with Gasteiger partial charge in [0.2, 0.25) is 0 Å². The van der Waals surface area contributed by atoms with Gasteiger partial charge in [0, 0.05) is 32.8 Å². The third kappa shape index (κ3) is 4.35. The van der Waals surface area contributed by atoms with Crippen molar-refractivity contribution in [3.8, 4) is 0 Å². The van der Waals surface area contributed by atoms with Gasteiger partial charge in [0.1, 0.15) is 0 Å². The number of amides is 2. The van der Waals surface area contributed by atoms with E-state index in [9.17, 15) is 9.59 Å². The second-order valence-electron chi connectivity index (χ2n) is 7.13. The molecule has 0 aromatic heterocycles. The van der Waals surface area contributed by atoms with E-state index in [0.29, 0.717) is 38.4 Å². The molecule has 0 saturated carbocycles. The van der Waals surface area contributed by atoms with E-state index in [1.54, 1.807) is 4.90 Å². The molecule has 2 N–H and O–H groups in total. The van der Waals surface area contributed by atoms with Crippen molar-refractivity contribution in [2.45, 2.75) is 39.5 Å². The molecule has 2 amide bonds. The molecule has 2 heterocycles. The minimum absolute atomic E-state index is 0.0544. The second kappa shape index (κ2) is 7.31. The smallest absolute Gasteiger partial charge is 0.317 e. The highest BCUT2D eigenvalue weighted by Crippen LogP contribution is 2.33. The summed E-state index contributed by atoms with van der Waals surface area (Å²) in [6.07, 6.45) is 3.19. The number of piperidine rings is 1. The lowest BCUT2D eigenvalue weighted by atomic mass is 9.74. The van der Waals surface area contributed by atoms with Gasteiger partial charge >= 0.3 is 12.0 Å². The Kier molecular flexibility index (Phi) is 5.67. The van der Waals surface area contributed by atoms with Crippen molar-refractivity contribution in [1.82, 2.24) is 10.2 Å². The van der Waals surface area contributed by atoms with Gasteiger partial charge in [-0.25, -0.2) is 4.79 Å². The first-order chi connectivity index (χ1) is 10.4. The minimum Gasteiger partial charge on any atom is -0.481 e. The highest BCUT2D eigenvalue weighted by molar-refractivity contribution is 5.75. The fourth-order valence-corrected chi connectivity index (χ4v) is 3.37. The zero-order valence-corrected chi connectivity index (χ0v) is 13.6. The van der Waals surface area contributed by atoms with Crippen LogP contribution >= 0.6 is 0 Å². The Bertz CT molecular complexity index is 397. The number of urea groups is 1. The number of rotatable bonds is 4. The standard InChI is InChI=1S/C16H28N2O4/c1-16(2,13-5-9-22-10-6-13)11-17-15(21)18-7-3-12(4-8-18)14(19)20/h12-13H,3-11H2,1-2H3,(H,17,21)(H,19,20). The number of ether oxygens (including phenoxy) is 1. The summed E-state index contributed by atoms with van der Waals surface area (Å²) < 4.78 is 5.40. The van der Waals surface area contributed by atoms with E-state index in [0.717, 1.165) is 26.1 Å². The Labute approximate surface area is 132 Å². The fourth-order valence-electron chi connectivity index (χ4n) is 3.37. The van der Waals surface area contributed by atoms with Gasteiger partial charge in [0.05, 0.1) is 5.92 Å². The van der Waals surface area contributed by atoms with Crippen LogP contribution in [0.15, 0.2) is 0 Å². The molecule has 0 spiro atoms. The molecule has 0 aliphatic carbocycles. The summed E-state index contributed by atoms with van der Waals surface area (Å²) in [5.41, 5.74) is 0.0544. The van der Waals surface area contributed by atoms with E-state index in [1.807, 2.05) is 0 Å². The van der Waals surface area contributed by atoms with Gasteiger partial charge in [0.25, 0.3) is 0 Å². The first-order valence-electron chi connectivity index (χ1n) is 8.23. The number of hydrogen-bond donors (Lipinski definition) is 2. The number of carbonyl (C=O) groups excluding carboxylic acids is 1. The lowest BCUT2D eigenvalue weighted by Crippen LogP contribution is -2.49. The fraction of sp³-hybridized carbons (Fsp3) is 0.875. The number of likely N-dealkylation sites (tertiary alicyclic amines) is 1. The molecule has 22 heavy (non-hydrogen) atoms. The van der Waals surface area contributed by atoms with Crippen LogP contribution in [-0.4, -0.2) is 54.9 Å². The van der Waals surface area contributed by atoms with Crippen LogP contribution in [0.1, 0.15) is 39.5 Å². The van der Waals surface area contributed by atoms with Crippen LogP contribution in [0.4, 0.5) is 4.79 Å². The maximum Gasteiger partial charge on any atom is 0.317 e. The Morgan fingerprint density at radius 1 is 1.18 bits per heavy atom. The van der Waals surface area contributed by atoms with Gasteiger partial charge in [0.15, 0.2) is 0 Å². The SMILES string of the molecule is CC(C)(CNC(=O)N1CCC(C(=O)O)CC1)C1CCOCC1. The van der Waals surface area contributed by atoms with Crippen LogP contribution in [0, 0.1) is 17.3 Å². The Hall–Kier alpha value is -1.30.